The largest absolute Gasteiger partial charge is 0.388 e. The fraction of sp³-hybridized carbons (Fsp3) is 0.333. The molecule has 0 saturated heterocycles. The second-order valence-corrected chi connectivity index (χ2v) is 6.56. The van der Waals surface area contributed by atoms with Gasteiger partial charge in [0.05, 0.1) is 6.10 Å². The van der Waals surface area contributed by atoms with Crippen molar-refractivity contribution in [2.45, 2.75) is 31.9 Å². The van der Waals surface area contributed by atoms with E-state index in [9.17, 15) is 5.11 Å². The number of para-hydroxylation sites is 1. The predicted molar refractivity (Wildman–Crippen MR) is 90.7 cm³/mol. The van der Waals surface area contributed by atoms with E-state index in [2.05, 4.69) is 52.0 Å². The molecule has 0 saturated carbocycles. The first-order chi connectivity index (χ1) is 10.2. The Balaban J connectivity index is 1.69. The van der Waals surface area contributed by atoms with Crippen LogP contribution in [0.15, 0.2) is 53.0 Å². The van der Waals surface area contributed by atoms with Crippen molar-refractivity contribution >= 4 is 21.6 Å². The summed E-state index contributed by atoms with van der Waals surface area (Å²) in [5.41, 5.74) is 3.71. The maximum absolute atomic E-state index is 10.4. The molecule has 2 nitrogen and oxygen atoms in total. The van der Waals surface area contributed by atoms with E-state index in [1.165, 1.54) is 11.3 Å². The molecular formula is C18H20BrNO. The Kier molecular flexibility index (Phi) is 4.32. The number of aliphatic hydroxyl groups is 1. The molecule has 0 fully saturated rings. The van der Waals surface area contributed by atoms with Crippen molar-refractivity contribution in [1.29, 1.82) is 0 Å². The summed E-state index contributed by atoms with van der Waals surface area (Å²) in [6.45, 7) is 3.13. The molecule has 0 radical (unpaired) electrons. The Bertz CT molecular complexity index is 628. The Hall–Kier alpha value is -1.32. The first-order valence-electron chi connectivity index (χ1n) is 7.44. The van der Waals surface area contributed by atoms with E-state index in [1.807, 2.05) is 24.3 Å². The molecule has 0 bridgehead atoms. The molecule has 3 rings (SSSR count). The fourth-order valence-corrected chi connectivity index (χ4v) is 3.68. The summed E-state index contributed by atoms with van der Waals surface area (Å²) in [6.07, 6.45) is 1.41. The van der Waals surface area contributed by atoms with E-state index in [4.69, 9.17) is 0 Å². The molecule has 2 atom stereocenters. The highest BCUT2D eigenvalue weighted by Gasteiger charge is 2.25. The topological polar surface area (TPSA) is 23.5 Å². The maximum atomic E-state index is 10.4. The molecule has 0 spiro atoms. The van der Waals surface area contributed by atoms with Gasteiger partial charge in [-0.3, -0.25) is 0 Å². The summed E-state index contributed by atoms with van der Waals surface area (Å²) in [7, 11) is 0. The lowest BCUT2D eigenvalue weighted by Crippen LogP contribution is -2.31. The second kappa shape index (κ2) is 6.20. The Labute approximate surface area is 134 Å². The smallest absolute Gasteiger partial charge is 0.0817 e. The highest BCUT2D eigenvalue weighted by atomic mass is 79.9. The summed E-state index contributed by atoms with van der Waals surface area (Å²) >= 11 is 3.51. The van der Waals surface area contributed by atoms with Crippen molar-refractivity contribution in [1.82, 2.24) is 0 Å². The van der Waals surface area contributed by atoms with Crippen molar-refractivity contribution < 1.29 is 5.11 Å². The Morgan fingerprint density at radius 1 is 1.19 bits per heavy atom. The van der Waals surface area contributed by atoms with Crippen LogP contribution in [0.2, 0.25) is 0 Å². The van der Waals surface area contributed by atoms with E-state index >= 15 is 0 Å². The van der Waals surface area contributed by atoms with Gasteiger partial charge in [0.25, 0.3) is 0 Å². The summed E-state index contributed by atoms with van der Waals surface area (Å²) in [5.74, 6) is 0. The molecule has 2 unspecified atom stereocenters. The third kappa shape index (κ3) is 2.99. The minimum absolute atomic E-state index is 0.430. The number of aliphatic hydroxyl groups excluding tert-OH is 1. The number of halogens is 1. The minimum Gasteiger partial charge on any atom is -0.388 e. The third-order valence-electron chi connectivity index (χ3n) is 4.26. The Morgan fingerprint density at radius 3 is 2.71 bits per heavy atom. The van der Waals surface area contributed by atoms with Gasteiger partial charge in [0.1, 0.15) is 0 Å². The van der Waals surface area contributed by atoms with Crippen LogP contribution in [0.3, 0.4) is 0 Å². The van der Waals surface area contributed by atoms with E-state index < -0.39 is 6.10 Å². The third-order valence-corrected chi connectivity index (χ3v) is 4.98. The van der Waals surface area contributed by atoms with Gasteiger partial charge in [-0.2, -0.15) is 0 Å². The quantitative estimate of drug-likeness (QED) is 0.891. The number of hydrogen-bond donors (Lipinski definition) is 1. The van der Waals surface area contributed by atoms with E-state index in [0.29, 0.717) is 6.04 Å². The lowest BCUT2D eigenvalue weighted by molar-refractivity contribution is 0.168. The predicted octanol–water partition coefficient (Wildman–Crippen LogP) is 4.32. The lowest BCUT2D eigenvalue weighted by Gasteiger charge is -2.26. The number of nitrogens with zero attached hydrogens (tertiary/aromatic N) is 1. The van der Waals surface area contributed by atoms with Crippen LogP contribution in [0.5, 0.6) is 0 Å². The zero-order chi connectivity index (χ0) is 14.8. The molecule has 0 aliphatic carbocycles. The maximum Gasteiger partial charge on any atom is 0.0817 e. The van der Waals surface area contributed by atoms with E-state index in [0.717, 1.165) is 29.4 Å². The van der Waals surface area contributed by atoms with E-state index in [-0.39, 0.29) is 0 Å². The van der Waals surface area contributed by atoms with Crippen LogP contribution >= 0.6 is 15.9 Å². The monoisotopic (exact) mass is 345 g/mol. The van der Waals surface area contributed by atoms with Gasteiger partial charge < -0.3 is 10.0 Å². The molecule has 21 heavy (non-hydrogen) atoms. The van der Waals surface area contributed by atoms with E-state index in [1.54, 1.807) is 0 Å². The van der Waals surface area contributed by atoms with Gasteiger partial charge in [-0.05, 0) is 43.0 Å². The van der Waals surface area contributed by atoms with Crippen LogP contribution in [0.4, 0.5) is 5.69 Å². The van der Waals surface area contributed by atoms with Gasteiger partial charge in [0.2, 0.25) is 0 Å². The average Bonchev–Trinajstić information content (AvgIpc) is 2.81. The fourth-order valence-electron chi connectivity index (χ4n) is 3.13. The van der Waals surface area contributed by atoms with Crippen molar-refractivity contribution in [2.75, 3.05) is 11.4 Å². The zero-order valence-electron chi connectivity index (χ0n) is 12.2. The van der Waals surface area contributed by atoms with Crippen LogP contribution in [0.1, 0.15) is 30.6 Å². The van der Waals surface area contributed by atoms with Gasteiger partial charge in [0.15, 0.2) is 0 Å². The van der Waals surface area contributed by atoms with Crippen molar-refractivity contribution in [3.63, 3.8) is 0 Å². The molecule has 1 aliphatic rings. The zero-order valence-corrected chi connectivity index (χ0v) is 13.8. The van der Waals surface area contributed by atoms with Crippen LogP contribution in [-0.4, -0.2) is 17.7 Å². The molecule has 0 amide bonds. The van der Waals surface area contributed by atoms with Gasteiger partial charge in [-0.1, -0.05) is 52.3 Å². The summed E-state index contributed by atoms with van der Waals surface area (Å²) in [4.78, 5) is 2.41. The average molecular weight is 346 g/mol. The van der Waals surface area contributed by atoms with Gasteiger partial charge in [-0.25, -0.2) is 0 Å². The summed E-state index contributed by atoms with van der Waals surface area (Å²) < 4.78 is 0.979. The molecule has 2 aromatic carbocycles. The number of benzene rings is 2. The first-order valence-corrected chi connectivity index (χ1v) is 8.23. The molecule has 1 aliphatic heterocycles. The molecule has 3 heteroatoms. The number of rotatable bonds is 4. The second-order valence-electron chi connectivity index (χ2n) is 5.70. The first kappa shape index (κ1) is 14.6. The standard InChI is InChI=1S/C18H20BrNO/c1-13-12-14-6-2-5-9-17(14)20(13)11-10-18(21)15-7-3-4-8-16(15)19/h2-9,13,18,21H,10-12H2,1H3. The highest BCUT2D eigenvalue weighted by molar-refractivity contribution is 9.10. The molecule has 110 valence electrons. The molecule has 1 N–H and O–H groups in total. The number of anilines is 1. The van der Waals surface area contributed by atoms with Crippen molar-refractivity contribution in [3.8, 4) is 0 Å². The van der Waals surface area contributed by atoms with Gasteiger partial charge in [0, 0.05) is 22.7 Å². The normalized spacial score (nSPS) is 18.6. The van der Waals surface area contributed by atoms with Gasteiger partial charge >= 0.3 is 0 Å². The van der Waals surface area contributed by atoms with Crippen LogP contribution in [0.25, 0.3) is 0 Å². The molecule has 1 heterocycles. The number of fused-ring (bicyclic) bond motifs is 1. The van der Waals surface area contributed by atoms with Crippen LogP contribution in [-0.2, 0) is 6.42 Å². The molecular weight excluding hydrogens is 326 g/mol. The van der Waals surface area contributed by atoms with Crippen LogP contribution in [0, 0.1) is 0 Å². The van der Waals surface area contributed by atoms with Crippen LogP contribution < -0.4 is 4.90 Å². The lowest BCUT2D eigenvalue weighted by atomic mass is 10.1. The minimum atomic E-state index is -0.430. The summed E-state index contributed by atoms with van der Waals surface area (Å²) in [5, 5.41) is 10.4. The van der Waals surface area contributed by atoms with Crippen molar-refractivity contribution in [3.05, 3.63) is 64.1 Å². The van der Waals surface area contributed by atoms with Crippen molar-refractivity contribution in [2.24, 2.45) is 0 Å². The molecule has 0 aromatic heterocycles. The SMILES string of the molecule is CC1Cc2ccccc2N1CCC(O)c1ccccc1Br. The van der Waals surface area contributed by atoms with Gasteiger partial charge in [-0.15, -0.1) is 0 Å². The molecule has 2 aromatic rings. The number of hydrogen-bond acceptors (Lipinski definition) is 2. The highest BCUT2D eigenvalue weighted by Crippen LogP contribution is 2.33. The Morgan fingerprint density at radius 2 is 1.90 bits per heavy atom. The summed E-state index contributed by atoms with van der Waals surface area (Å²) in [6, 6.07) is 17.0.